The van der Waals surface area contributed by atoms with Gasteiger partial charge in [-0.3, -0.25) is 0 Å². The van der Waals surface area contributed by atoms with Crippen molar-refractivity contribution in [3.8, 4) is 0 Å². The Labute approximate surface area is 55.4 Å². The third-order valence-corrected chi connectivity index (χ3v) is 1.80. The molecule has 0 aromatic carbocycles. The van der Waals surface area contributed by atoms with Crippen LogP contribution in [0.3, 0.4) is 0 Å². The highest BCUT2D eigenvalue weighted by atomic mass is 32.2. The van der Waals surface area contributed by atoms with E-state index in [0.717, 1.165) is 5.75 Å². The van der Waals surface area contributed by atoms with Crippen molar-refractivity contribution in [2.75, 3.05) is 5.75 Å². The van der Waals surface area contributed by atoms with Crippen LogP contribution in [0.2, 0.25) is 0 Å². The Morgan fingerprint density at radius 2 is 2.00 bits per heavy atom. The fraction of sp³-hybridized carbons (Fsp3) is 0.833. The number of hydrogen-bond acceptors (Lipinski definition) is 2. The predicted molar refractivity (Wildman–Crippen MR) is 40.7 cm³/mol. The standard InChI is InChI=1S/C6H13NS/c1-6(2,3)4-8-5-7/h5,7H,4H2,1-3H3. The summed E-state index contributed by atoms with van der Waals surface area (Å²) in [5.74, 6) is 1.04. The maximum Gasteiger partial charge on any atom is 0.0506 e. The molecule has 2 heteroatoms. The molecule has 0 unspecified atom stereocenters. The summed E-state index contributed by atoms with van der Waals surface area (Å²) in [6, 6.07) is 0. The number of hydrogen-bond donors (Lipinski definition) is 1. The zero-order chi connectivity index (χ0) is 6.62. The van der Waals surface area contributed by atoms with Crippen molar-refractivity contribution in [3.63, 3.8) is 0 Å². The van der Waals surface area contributed by atoms with Crippen molar-refractivity contribution < 1.29 is 0 Å². The van der Waals surface area contributed by atoms with Crippen LogP contribution in [0, 0.1) is 10.8 Å². The molecule has 48 valence electrons. The first-order chi connectivity index (χ1) is 3.56. The first-order valence-electron chi connectivity index (χ1n) is 2.67. The molecule has 0 aromatic rings. The molecule has 0 radical (unpaired) electrons. The Balaban J connectivity index is 3.24. The molecule has 8 heavy (non-hydrogen) atoms. The molecule has 0 bridgehead atoms. The van der Waals surface area contributed by atoms with Gasteiger partial charge in [-0.1, -0.05) is 20.8 Å². The quantitative estimate of drug-likeness (QED) is 0.451. The Bertz CT molecular complexity index is 73.1. The van der Waals surface area contributed by atoms with Crippen LogP contribution in [0.1, 0.15) is 20.8 Å². The second kappa shape index (κ2) is 3.13. The zero-order valence-electron chi connectivity index (χ0n) is 5.69. The van der Waals surface area contributed by atoms with Crippen LogP contribution < -0.4 is 0 Å². The molecular weight excluding hydrogens is 118 g/mol. The lowest BCUT2D eigenvalue weighted by Crippen LogP contribution is -2.07. The maximum absolute atomic E-state index is 6.72. The molecule has 0 aliphatic carbocycles. The minimum Gasteiger partial charge on any atom is -0.302 e. The predicted octanol–water partition coefficient (Wildman–Crippen LogP) is 2.37. The number of nitrogens with one attached hydrogen (secondary N) is 1. The smallest absolute Gasteiger partial charge is 0.0506 e. The van der Waals surface area contributed by atoms with E-state index in [1.165, 1.54) is 5.55 Å². The summed E-state index contributed by atoms with van der Waals surface area (Å²) in [7, 11) is 0. The first-order valence-corrected chi connectivity index (χ1v) is 3.72. The van der Waals surface area contributed by atoms with Crippen LogP contribution in [0.4, 0.5) is 0 Å². The summed E-state index contributed by atoms with van der Waals surface area (Å²) in [5, 5.41) is 6.72. The second-order valence-corrected chi connectivity index (χ2v) is 3.85. The van der Waals surface area contributed by atoms with Crippen LogP contribution in [0.5, 0.6) is 0 Å². The molecule has 0 atom stereocenters. The third kappa shape index (κ3) is 6.02. The molecule has 1 N–H and O–H groups in total. The Morgan fingerprint density at radius 3 is 2.12 bits per heavy atom. The van der Waals surface area contributed by atoms with Gasteiger partial charge < -0.3 is 5.41 Å². The van der Waals surface area contributed by atoms with Gasteiger partial charge in [0.25, 0.3) is 0 Å². The first kappa shape index (κ1) is 8.02. The molecule has 0 amide bonds. The van der Waals surface area contributed by atoms with Gasteiger partial charge in [0.2, 0.25) is 0 Å². The average molecular weight is 131 g/mol. The lowest BCUT2D eigenvalue weighted by Gasteiger charge is -2.14. The highest BCUT2D eigenvalue weighted by molar-refractivity contribution is 8.11. The van der Waals surface area contributed by atoms with Crippen molar-refractivity contribution >= 4 is 17.3 Å². The normalized spacial score (nSPS) is 11.4. The van der Waals surface area contributed by atoms with E-state index in [-0.39, 0.29) is 0 Å². The van der Waals surface area contributed by atoms with Crippen LogP contribution >= 0.6 is 11.8 Å². The van der Waals surface area contributed by atoms with Crippen LogP contribution in [0.25, 0.3) is 0 Å². The van der Waals surface area contributed by atoms with Crippen molar-refractivity contribution in [2.24, 2.45) is 5.41 Å². The summed E-state index contributed by atoms with van der Waals surface area (Å²) < 4.78 is 0. The molecular formula is C6H13NS. The maximum atomic E-state index is 6.72. The SMILES string of the molecule is CC(C)(C)CSC=N. The van der Waals surface area contributed by atoms with Gasteiger partial charge in [-0.2, -0.15) is 0 Å². The summed E-state index contributed by atoms with van der Waals surface area (Å²) in [5.41, 5.74) is 1.76. The van der Waals surface area contributed by atoms with E-state index in [9.17, 15) is 0 Å². The van der Waals surface area contributed by atoms with Gasteiger partial charge in [-0.25, -0.2) is 0 Å². The average Bonchev–Trinajstić information content (AvgIpc) is 1.59. The zero-order valence-corrected chi connectivity index (χ0v) is 6.51. The lowest BCUT2D eigenvalue weighted by atomic mass is 10.0. The van der Waals surface area contributed by atoms with E-state index < -0.39 is 0 Å². The van der Waals surface area contributed by atoms with Gasteiger partial charge in [0.1, 0.15) is 0 Å². The van der Waals surface area contributed by atoms with E-state index >= 15 is 0 Å². The molecule has 0 fully saturated rings. The molecule has 0 spiro atoms. The van der Waals surface area contributed by atoms with Gasteiger partial charge in [0, 0.05) is 5.75 Å². The van der Waals surface area contributed by atoms with Crippen molar-refractivity contribution in [1.82, 2.24) is 0 Å². The number of thioether (sulfide) groups is 1. The van der Waals surface area contributed by atoms with Crippen LogP contribution in [-0.2, 0) is 0 Å². The van der Waals surface area contributed by atoms with Crippen LogP contribution in [0.15, 0.2) is 0 Å². The Hall–Kier alpha value is 0.0200. The number of rotatable bonds is 2. The molecule has 1 nitrogen and oxygen atoms in total. The summed E-state index contributed by atoms with van der Waals surface area (Å²) in [6.07, 6.45) is 0. The minimum atomic E-state index is 0.363. The second-order valence-electron chi connectivity index (χ2n) is 2.99. The topological polar surface area (TPSA) is 23.9 Å². The highest BCUT2D eigenvalue weighted by Crippen LogP contribution is 2.18. The van der Waals surface area contributed by atoms with E-state index in [1.54, 1.807) is 11.8 Å². The molecule has 0 rings (SSSR count). The summed E-state index contributed by atoms with van der Waals surface area (Å²) in [6.45, 7) is 6.51. The summed E-state index contributed by atoms with van der Waals surface area (Å²) in [4.78, 5) is 0. The van der Waals surface area contributed by atoms with E-state index in [0.29, 0.717) is 5.41 Å². The van der Waals surface area contributed by atoms with Crippen molar-refractivity contribution in [1.29, 1.82) is 5.41 Å². The molecule has 0 saturated carbocycles. The molecule has 0 saturated heterocycles. The van der Waals surface area contributed by atoms with E-state index in [2.05, 4.69) is 20.8 Å². The van der Waals surface area contributed by atoms with E-state index in [4.69, 9.17) is 5.41 Å². The molecule has 0 heterocycles. The Kier molecular flexibility index (Phi) is 3.13. The Morgan fingerprint density at radius 1 is 1.50 bits per heavy atom. The van der Waals surface area contributed by atoms with Crippen molar-refractivity contribution in [3.05, 3.63) is 0 Å². The molecule has 0 aliphatic rings. The van der Waals surface area contributed by atoms with Gasteiger partial charge >= 0.3 is 0 Å². The van der Waals surface area contributed by atoms with Crippen LogP contribution in [-0.4, -0.2) is 11.3 Å². The molecule has 0 aliphatic heterocycles. The lowest BCUT2D eigenvalue weighted by molar-refractivity contribution is 0.481. The fourth-order valence-electron chi connectivity index (χ4n) is 0.292. The highest BCUT2D eigenvalue weighted by Gasteiger charge is 2.07. The molecule has 0 aromatic heterocycles. The largest absolute Gasteiger partial charge is 0.302 e. The third-order valence-electron chi connectivity index (χ3n) is 0.600. The van der Waals surface area contributed by atoms with Gasteiger partial charge in [0.05, 0.1) is 5.55 Å². The fourth-order valence-corrected chi connectivity index (χ4v) is 0.875. The van der Waals surface area contributed by atoms with Crippen molar-refractivity contribution in [2.45, 2.75) is 20.8 Å². The van der Waals surface area contributed by atoms with E-state index in [1.807, 2.05) is 0 Å². The van der Waals surface area contributed by atoms with Gasteiger partial charge in [-0.15, -0.1) is 11.8 Å². The van der Waals surface area contributed by atoms with Gasteiger partial charge in [-0.05, 0) is 5.41 Å². The minimum absolute atomic E-state index is 0.363. The van der Waals surface area contributed by atoms with Gasteiger partial charge in [0.15, 0.2) is 0 Å². The summed E-state index contributed by atoms with van der Waals surface area (Å²) >= 11 is 1.56. The monoisotopic (exact) mass is 131 g/mol.